The molecule has 0 bridgehead atoms. The third-order valence-electron chi connectivity index (χ3n) is 4.15. The lowest BCUT2D eigenvalue weighted by atomic mass is 10.1. The Morgan fingerprint density at radius 3 is 2.76 bits per heavy atom. The summed E-state index contributed by atoms with van der Waals surface area (Å²) in [6.45, 7) is 4.79. The first kappa shape index (κ1) is 19.3. The van der Waals surface area contributed by atoms with Crippen molar-refractivity contribution < 1.29 is 19.1 Å². The number of hydrogen-bond donors (Lipinski definition) is 2. The number of nitrogens with zero attached hydrogens (tertiary/aromatic N) is 1. The van der Waals surface area contributed by atoms with Crippen molar-refractivity contribution in [1.82, 2.24) is 10.2 Å². The van der Waals surface area contributed by atoms with E-state index in [0.29, 0.717) is 36.6 Å². The summed E-state index contributed by atoms with van der Waals surface area (Å²) < 4.78 is 10.6. The first-order valence-electron chi connectivity index (χ1n) is 8.12. The third kappa shape index (κ3) is 4.35. The molecule has 1 saturated heterocycles. The minimum absolute atomic E-state index is 0. The lowest BCUT2D eigenvalue weighted by Gasteiger charge is -2.26. The molecule has 0 radical (unpaired) electrons. The standard InChI is InChI=1S/C17H23N3O4.ClH/c1-17(2,18)9-19-15(21)12-4-3-7-20(12)16(22)11-5-6-13-14(8-11)24-10-23-13;/h5-6,8,12H,3-4,7,9-10,18H2,1-2H3,(H,19,21);1H. The molecule has 0 aliphatic carbocycles. The van der Waals surface area contributed by atoms with E-state index < -0.39 is 11.6 Å². The number of carbonyl (C=O) groups is 2. The molecule has 2 heterocycles. The molecule has 0 aromatic heterocycles. The molecule has 3 N–H and O–H groups in total. The first-order valence-corrected chi connectivity index (χ1v) is 8.12. The topological polar surface area (TPSA) is 93.9 Å². The number of nitrogens with two attached hydrogens (primary N) is 1. The third-order valence-corrected chi connectivity index (χ3v) is 4.15. The van der Waals surface area contributed by atoms with Crippen LogP contribution in [0.3, 0.4) is 0 Å². The zero-order valence-corrected chi connectivity index (χ0v) is 15.2. The van der Waals surface area contributed by atoms with E-state index in [0.717, 1.165) is 6.42 Å². The van der Waals surface area contributed by atoms with Crippen molar-refractivity contribution in [3.63, 3.8) is 0 Å². The van der Waals surface area contributed by atoms with Gasteiger partial charge in [0, 0.05) is 24.2 Å². The van der Waals surface area contributed by atoms with E-state index in [-0.39, 0.29) is 31.0 Å². The fourth-order valence-corrected chi connectivity index (χ4v) is 2.91. The van der Waals surface area contributed by atoms with Crippen molar-refractivity contribution in [2.75, 3.05) is 19.9 Å². The molecule has 1 aromatic carbocycles. The molecule has 1 atom stereocenters. The maximum Gasteiger partial charge on any atom is 0.254 e. The largest absolute Gasteiger partial charge is 0.454 e. The van der Waals surface area contributed by atoms with Crippen molar-refractivity contribution in [1.29, 1.82) is 0 Å². The van der Waals surface area contributed by atoms with Crippen LogP contribution >= 0.6 is 12.4 Å². The van der Waals surface area contributed by atoms with Crippen LogP contribution < -0.4 is 20.5 Å². The summed E-state index contributed by atoms with van der Waals surface area (Å²) in [5, 5.41) is 2.84. The van der Waals surface area contributed by atoms with Crippen LogP contribution in [-0.4, -0.2) is 48.2 Å². The second-order valence-corrected chi connectivity index (χ2v) is 6.93. The molecule has 3 rings (SSSR count). The van der Waals surface area contributed by atoms with Crippen molar-refractivity contribution >= 4 is 24.2 Å². The van der Waals surface area contributed by atoms with Crippen LogP contribution in [0.25, 0.3) is 0 Å². The van der Waals surface area contributed by atoms with Crippen LogP contribution in [0.4, 0.5) is 0 Å². The van der Waals surface area contributed by atoms with Gasteiger partial charge in [0.05, 0.1) is 0 Å². The fourth-order valence-electron chi connectivity index (χ4n) is 2.91. The minimum Gasteiger partial charge on any atom is -0.454 e. The number of halogens is 1. The Hall–Kier alpha value is -1.99. The number of benzene rings is 1. The molecule has 2 aliphatic rings. The molecule has 1 unspecified atom stereocenters. The van der Waals surface area contributed by atoms with Crippen LogP contribution in [0.2, 0.25) is 0 Å². The second-order valence-electron chi connectivity index (χ2n) is 6.93. The van der Waals surface area contributed by atoms with Gasteiger partial charge in [-0.2, -0.15) is 0 Å². The summed E-state index contributed by atoms with van der Waals surface area (Å²) in [6.07, 6.45) is 1.47. The van der Waals surface area contributed by atoms with Gasteiger partial charge in [0.15, 0.2) is 11.5 Å². The van der Waals surface area contributed by atoms with Gasteiger partial charge in [-0.1, -0.05) is 0 Å². The summed E-state index contributed by atoms with van der Waals surface area (Å²) in [6, 6.07) is 4.63. The zero-order chi connectivity index (χ0) is 17.3. The Morgan fingerprint density at radius 2 is 2.04 bits per heavy atom. The molecule has 1 fully saturated rings. The molecular weight excluding hydrogens is 346 g/mol. The molecule has 2 amide bonds. The average molecular weight is 370 g/mol. The molecule has 7 nitrogen and oxygen atoms in total. The molecule has 2 aliphatic heterocycles. The van der Waals surface area contributed by atoms with E-state index in [9.17, 15) is 9.59 Å². The Morgan fingerprint density at radius 1 is 1.32 bits per heavy atom. The zero-order valence-electron chi connectivity index (χ0n) is 14.4. The number of nitrogens with one attached hydrogen (secondary N) is 1. The number of ether oxygens (including phenoxy) is 2. The average Bonchev–Trinajstić information content (AvgIpc) is 3.19. The van der Waals surface area contributed by atoms with Gasteiger partial charge < -0.3 is 25.4 Å². The van der Waals surface area contributed by atoms with E-state index in [1.54, 1.807) is 23.1 Å². The predicted molar refractivity (Wildman–Crippen MR) is 95.1 cm³/mol. The van der Waals surface area contributed by atoms with Crippen molar-refractivity contribution in [3.8, 4) is 11.5 Å². The van der Waals surface area contributed by atoms with Crippen molar-refractivity contribution in [3.05, 3.63) is 23.8 Å². The van der Waals surface area contributed by atoms with Crippen molar-refractivity contribution in [2.45, 2.75) is 38.3 Å². The Labute approximate surface area is 153 Å². The van der Waals surface area contributed by atoms with Crippen molar-refractivity contribution in [2.24, 2.45) is 5.73 Å². The molecule has 25 heavy (non-hydrogen) atoms. The minimum atomic E-state index is -0.486. The Bertz CT molecular complexity index is 660. The first-order chi connectivity index (χ1) is 11.3. The SMILES string of the molecule is CC(C)(N)CNC(=O)C1CCCN1C(=O)c1ccc2c(c1)OCO2.Cl. The van der Waals surface area contributed by atoms with E-state index in [1.165, 1.54) is 0 Å². The highest BCUT2D eigenvalue weighted by Gasteiger charge is 2.35. The summed E-state index contributed by atoms with van der Waals surface area (Å²) >= 11 is 0. The maximum atomic E-state index is 12.8. The predicted octanol–water partition coefficient (Wildman–Crippen LogP) is 1.30. The van der Waals surface area contributed by atoms with Gasteiger partial charge in [-0.05, 0) is 44.9 Å². The van der Waals surface area contributed by atoms with Gasteiger partial charge in [0.25, 0.3) is 5.91 Å². The maximum absolute atomic E-state index is 12.8. The Balaban J connectivity index is 0.00000225. The summed E-state index contributed by atoms with van der Waals surface area (Å²) in [5.74, 6) is 0.872. The van der Waals surface area contributed by atoms with Gasteiger partial charge in [-0.25, -0.2) is 0 Å². The number of rotatable bonds is 4. The molecule has 0 spiro atoms. The van der Waals surface area contributed by atoms with E-state index >= 15 is 0 Å². The number of likely N-dealkylation sites (tertiary alicyclic amines) is 1. The van der Waals surface area contributed by atoms with Gasteiger partial charge in [0.2, 0.25) is 12.7 Å². The monoisotopic (exact) mass is 369 g/mol. The highest BCUT2D eigenvalue weighted by atomic mass is 35.5. The molecule has 0 saturated carbocycles. The highest BCUT2D eigenvalue weighted by molar-refractivity contribution is 5.98. The summed E-state index contributed by atoms with van der Waals surface area (Å²) in [5.41, 5.74) is 5.91. The fraction of sp³-hybridized carbons (Fsp3) is 0.529. The number of carbonyl (C=O) groups excluding carboxylic acids is 2. The molecular formula is C17H24ClN3O4. The van der Waals surface area contributed by atoms with Crippen LogP contribution in [-0.2, 0) is 4.79 Å². The molecule has 138 valence electrons. The lowest BCUT2D eigenvalue weighted by molar-refractivity contribution is -0.125. The van der Waals surface area contributed by atoms with Gasteiger partial charge in [0.1, 0.15) is 6.04 Å². The molecule has 8 heteroatoms. The van der Waals surface area contributed by atoms with Crippen LogP contribution in [0.1, 0.15) is 37.0 Å². The lowest BCUT2D eigenvalue weighted by Crippen LogP contribution is -2.51. The van der Waals surface area contributed by atoms with Crippen LogP contribution in [0, 0.1) is 0 Å². The number of amides is 2. The van der Waals surface area contributed by atoms with Gasteiger partial charge >= 0.3 is 0 Å². The normalized spacial score (nSPS) is 18.7. The van der Waals surface area contributed by atoms with E-state index in [1.807, 2.05) is 13.8 Å². The number of fused-ring (bicyclic) bond motifs is 1. The highest BCUT2D eigenvalue weighted by Crippen LogP contribution is 2.33. The van der Waals surface area contributed by atoms with E-state index in [4.69, 9.17) is 15.2 Å². The summed E-state index contributed by atoms with van der Waals surface area (Å²) in [4.78, 5) is 26.8. The van der Waals surface area contributed by atoms with Crippen LogP contribution in [0.5, 0.6) is 11.5 Å². The summed E-state index contributed by atoms with van der Waals surface area (Å²) in [7, 11) is 0. The van der Waals surface area contributed by atoms with Gasteiger partial charge in [-0.3, -0.25) is 9.59 Å². The molecule has 1 aromatic rings. The van der Waals surface area contributed by atoms with E-state index in [2.05, 4.69) is 5.32 Å². The second kappa shape index (κ2) is 7.49. The smallest absolute Gasteiger partial charge is 0.254 e. The van der Waals surface area contributed by atoms with Crippen LogP contribution in [0.15, 0.2) is 18.2 Å². The number of hydrogen-bond acceptors (Lipinski definition) is 5. The quantitative estimate of drug-likeness (QED) is 0.834. The Kier molecular flexibility index (Phi) is 5.80. The van der Waals surface area contributed by atoms with Gasteiger partial charge in [-0.15, -0.1) is 12.4 Å².